The second-order valence-electron chi connectivity index (χ2n) is 6.60. The molecular weight excluding hydrogens is 333 g/mol. The summed E-state index contributed by atoms with van der Waals surface area (Å²) in [5.74, 6) is -0.688. The number of amides is 1. The smallest absolute Gasteiger partial charge is 0.258 e. The molecule has 2 aromatic heterocycles. The van der Waals surface area contributed by atoms with Crippen LogP contribution in [0.2, 0.25) is 0 Å². The zero-order valence-corrected chi connectivity index (χ0v) is 14.5. The highest BCUT2D eigenvalue weighted by molar-refractivity contribution is 6.03. The lowest BCUT2D eigenvalue weighted by Gasteiger charge is -2.35. The monoisotopic (exact) mass is 353 g/mol. The summed E-state index contributed by atoms with van der Waals surface area (Å²) in [4.78, 5) is 19.1. The highest BCUT2D eigenvalue weighted by Crippen LogP contribution is 2.28. The number of nitrogens with one attached hydrogen (secondary N) is 1. The molecule has 1 N–H and O–H groups in total. The lowest BCUT2D eigenvalue weighted by atomic mass is 10.0. The van der Waals surface area contributed by atoms with Gasteiger partial charge < -0.3 is 4.90 Å². The van der Waals surface area contributed by atoms with E-state index in [0.717, 1.165) is 25.1 Å². The summed E-state index contributed by atoms with van der Waals surface area (Å²) in [7, 11) is 0. The van der Waals surface area contributed by atoms with Crippen LogP contribution in [0.4, 0.5) is 16.0 Å². The average molecular weight is 353 g/mol. The van der Waals surface area contributed by atoms with Crippen molar-refractivity contribution in [2.75, 3.05) is 16.8 Å². The molecule has 134 valence electrons. The van der Waals surface area contributed by atoms with Crippen LogP contribution < -0.4 is 10.2 Å². The maximum Gasteiger partial charge on any atom is 0.258 e. The fraction of sp³-hybridized carbons (Fsp3) is 0.316. The molecule has 0 spiro atoms. The van der Waals surface area contributed by atoms with Crippen LogP contribution in [0.5, 0.6) is 0 Å². The number of benzene rings is 1. The molecule has 3 aromatic rings. The lowest BCUT2D eigenvalue weighted by molar-refractivity contribution is 0.102. The molecule has 0 aliphatic carbocycles. The summed E-state index contributed by atoms with van der Waals surface area (Å²) in [5, 5.41) is 6.98. The summed E-state index contributed by atoms with van der Waals surface area (Å²) in [6, 6.07) is 9.93. The summed E-state index contributed by atoms with van der Waals surface area (Å²) < 4.78 is 15.0. The van der Waals surface area contributed by atoms with Gasteiger partial charge in [0.1, 0.15) is 5.82 Å². The maximum absolute atomic E-state index is 13.3. The van der Waals surface area contributed by atoms with E-state index in [1.165, 1.54) is 24.6 Å². The average Bonchev–Trinajstić information content (AvgIpc) is 3.04. The molecule has 4 rings (SSSR count). The molecule has 1 atom stereocenters. The summed E-state index contributed by atoms with van der Waals surface area (Å²) in [6.07, 6.45) is 5.35. The third kappa shape index (κ3) is 3.12. The second-order valence-corrected chi connectivity index (χ2v) is 6.60. The Morgan fingerprint density at radius 2 is 2.15 bits per heavy atom. The van der Waals surface area contributed by atoms with E-state index in [9.17, 15) is 9.18 Å². The van der Waals surface area contributed by atoms with Crippen LogP contribution in [0.1, 0.15) is 36.5 Å². The van der Waals surface area contributed by atoms with Gasteiger partial charge in [0.25, 0.3) is 5.91 Å². The number of carbonyl (C=O) groups excluding carboxylic acids is 1. The van der Waals surface area contributed by atoms with Gasteiger partial charge in [-0.25, -0.2) is 8.91 Å². The molecule has 7 heteroatoms. The first-order chi connectivity index (χ1) is 12.6. The minimum atomic E-state index is -0.456. The van der Waals surface area contributed by atoms with E-state index in [4.69, 9.17) is 0 Å². The predicted octanol–water partition coefficient (Wildman–Crippen LogP) is 3.50. The van der Waals surface area contributed by atoms with Crippen molar-refractivity contribution in [2.24, 2.45) is 0 Å². The Labute approximate surface area is 150 Å². The Balaban J connectivity index is 1.63. The molecule has 0 radical (unpaired) electrons. The molecule has 1 saturated heterocycles. The van der Waals surface area contributed by atoms with Gasteiger partial charge in [-0.05, 0) is 56.5 Å². The summed E-state index contributed by atoms with van der Waals surface area (Å²) >= 11 is 0. The molecule has 1 unspecified atom stereocenters. The number of hydrogen-bond acceptors (Lipinski definition) is 4. The first kappa shape index (κ1) is 16.5. The number of nitrogens with zero attached hydrogens (tertiary/aromatic N) is 4. The number of aromatic nitrogens is 3. The highest BCUT2D eigenvalue weighted by Gasteiger charge is 2.22. The third-order valence-electron chi connectivity index (χ3n) is 4.77. The number of rotatable bonds is 3. The summed E-state index contributed by atoms with van der Waals surface area (Å²) in [6.45, 7) is 3.20. The predicted molar refractivity (Wildman–Crippen MR) is 98.0 cm³/mol. The topological polar surface area (TPSA) is 62.5 Å². The highest BCUT2D eigenvalue weighted by atomic mass is 19.1. The van der Waals surface area contributed by atoms with Crippen LogP contribution >= 0.6 is 0 Å². The minimum Gasteiger partial charge on any atom is -0.366 e. The molecule has 1 aromatic carbocycles. The van der Waals surface area contributed by atoms with Gasteiger partial charge in [-0.1, -0.05) is 6.07 Å². The molecule has 6 nitrogen and oxygen atoms in total. The van der Waals surface area contributed by atoms with E-state index in [2.05, 4.69) is 27.2 Å². The Morgan fingerprint density at radius 3 is 2.96 bits per heavy atom. The molecule has 1 aliphatic rings. The Hall–Kier alpha value is -2.96. The minimum absolute atomic E-state index is 0.205. The van der Waals surface area contributed by atoms with Gasteiger partial charge in [-0.3, -0.25) is 10.1 Å². The van der Waals surface area contributed by atoms with Gasteiger partial charge in [0.2, 0.25) is 5.95 Å². The standard InChI is InChI=1S/C19H20FN5O/c1-13-6-2-3-10-24(13)16-9-5-11-25-17(16)21-19(23-25)22-18(26)14-7-4-8-15(20)12-14/h4-5,7-9,11-13H,2-3,6,10H2,1H3,(H,22,23,26). The van der Waals surface area contributed by atoms with Crippen molar-refractivity contribution in [1.82, 2.24) is 14.6 Å². The van der Waals surface area contributed by atoms with Gasteiger partial charge in [0.15, 0.2) is 5.65 Å². The van der Waals surface area contributed by atoms with Gasteiger partial charge in [0.05, 0.1) is 5.69 Å². The largest absolute Gasteiger partial charge is 0.366 e. The summed E-state index contributed by atoms with van der Waals surface area (Å²) in [5.41, 5.74) is 1.95. The van der Waals surface area contributed by atoms with Crippen LogP contribution in [0.3, 0.4) is 0 Å². The Kier molecular flexibility index (Phi) is 4.28. The Morgan fingerprint density at radius 1 is 1.27 bits per heavy atom. The van der Waals surface area contributed by atoms with Gasteiger partial charge in [0, 0.05) is 24.3 Å². The molecule has 1 aliphatic heterocycles. The fourth-order valence-corrected chi connectivity index (χ4v) is 3.43. The quantitative estimate of drug-likeness (QED) is 0.783. The number of carbonyl (C=O) groups is 1. The molecule has 3 heterocycles. The molecular formula is C19H20FN5O. The van der Waals surface area contributed by atoms with Crippen LogP contribution in [-0.2, 0) is 0 Å². The van der Waals surface area contributed by atoms with E-state index in [1.807, 2.05) is 12.1 Å². The zero-order valence-electron chi connectivity index (χ0n) is 14.5. The van der Waals surface area contributed by atoms with Crippen molar-refractivity contribution in [1.29, 1.82) is 0 Å². The normalized spacial score (nSPS) is 17.5. The first-order valence-corrected chi connectivity index (χ1v) is 8.81. The number of anilines is 2. The Bertz CT molecular complexity index is 954. The molecule has 0 bridgehead atoms. The van der Waals surface area contributed by atoms with Gasteiger partial charge >= 0.3 is 0 Å². The van der Waals surface area contributed by atoms with Crippen molar-refractivity contribution in [3.8, 4) is 0 Å². The number of fused-ring (bicyclic) bond motifs is 1. The van der Waals surface area contributed by atoms with Crippen molar-refractivity contribution < 1.29 is 9.18 Å². The zero-order chi connectivity index (χ0) is 18.1. The SMILES string of the molecule is CC1CCCCN1c1cccn2nc(NC(=O)c3cccc(F)c3)nc12. The number of hydrogen-bond donors (Lipinski definition) is 1. The number of piperidine rings is 1. The van der Waals surface area contributed by atoms with E-state index in [1.54, 1.807) is 16.8 Å². The van der Waals surface area contributed by atoms with Crippen LogP contribution in [0.15, 0.2) is 42.6 Å². The van der Waals surface area contributed by atoms with Crippen molar-refractivity contribution in [2.45, 2.75) is 32.2 Å². The molecule has 1 amide bonds. The molecule has 26 heavy (non-hydrogen) atoms. The van der Waals surface area contributed by atoms with Crippen LogP contribution in [0, 0.1) is 5.82 Å². The number of pyridine rings is 1. The van der Waals surface area contributed by atoms with Crippen molar-refractivity contribution in [3.05, 3.63) is 54.0 Å². The van der Waals surface area contributed by atoms with E-state index in [0.29, 0.717) is 11.7 Å². The molecule has 1 fully saturated rings. The van der Waals surface area contributed by atoms with E-state index >= 15 is 0 Å². The molecule has 0 saturated carbocycles. The van der Waals surface area contributed by atoms with Gasteiger partial charge in [-0.2, -0.15) is 4.98 Å². The van der Waals surface area contributed by atoms with E-state index in [-0.39, 0.29) is 11.5 Å². The van der Waals surface area contributed by atoms with E-state index < -0.39 is 11.7 Å². The van der Waals surface area contributed by atoms with Crippen molar-refractivity contribution in [3.63, 3.8) is 0 Å². The van der Waals surface area contributed by atoms with Crippen LogP contribution in [0.25, 0.3) is 5.65 Å². The lowest BCUT2D eigenvalue weighted by Crippen LogP contribution is -2.37. The fourth-order valence-electron chi connectivity index (χ4n) is 3.43. The third-order valence-corrected chi connectivity index (χ3v) is 4.77. The van der Waals surface area contributed by atoms with Gasteiger partial charge in [-0.15, -0.1) is 5.10 Å². The van der Waals surface area contributed by atoms with Crippen molar-refractivity contribution >= 4 is 23.2 Å². The maximum atomic E-state index is 13.3. The van der Waals surface area contributed by atoms with Crippen LogP contribution in [-0.4, -0.2) is 33.1 Å². The number of halogens is 1. The second kappa shape index (κ2) is 6.74. The first-order valence-electron chi connectivity index (χ1n) is 8.81.